The van der Waals surface area contributed by atoms with Crippen LogP contribution in [0.1, 0.15) is 141 Å². The molecule has 0 aliphatic heterocycles. The van der Waals surface area contributed by atoms with Crippen LogP contribution in [-0.2, 0) is 38.4 Å². The molecule has 0 fully saturated rings. The van der Waals surface area contributed by atoms with Crippen molar-refractivity contribution >= 4 is 149 Å². The highest BCUT2D eigenvalue weighted by atomic mass is 32.1. The van der Waals surface area contributed by atoms with Crippen LogP contribution < -0.4 is 45.9 Å². The minimum atomic E-state index is -1.24. The molecule has 0 aliphatic rings. The summed E-state index contributed by atoms with van der Waals surface area (Å²) >= 11 is 31.0. The molecule has 0 aliphatic carbocycles. The normalized spacial score (nSPS) is 17.0. The molecule has 24 N–H and O–H groups in total. The van der Waals surface area contributed by atoms with Crippen LogP contribution in [0.4, 0.5) is 0 Å². The maximum absolute atomic E-state index is 10.7. The van der Waals surface area contributed by atoms with Crippen molar-refractivity contribution in [2.24, 2.45) is 69.0 Å². The Balaban J connectivity index is -0.000000126. The van der Waals surface area contributed by atoms with E-state index in [1.54, 1.807) is 41.5 Å². The summed E-state index contributed by atoms with van der Waals surface area (Å²) in [5.74, 6) is -6.33. The van der Waals surface area contributed by atoms with Crippen LogP contribution in [0.25, 0.3) is 0 Å². The Morgan fingerprint density at radius 2 is 0.728 bits per heavy atom. The lowest BCUT2D eigenvalue weighted by molar-refractivity contribution is -0.147. The number of hydrogen-bond donors (Lipinski definition) is 24. The average Bonchev–Trinajstić information content (AvgIpc) is 3.38. The molecule has 0 spiro atoms. The predicted octanol–water partition coefficient (Wildman–Crippen LogP) is 3.80. The van der Waals surface area contributed by atoms with Gasteiger partial charge < -0.3 is 86.7 Å². The summed E-state index contributed by atoms with van der Waals surface area (Å²) < 4.78 is 0. The Kier molecular flexibility index (Phi) is 53.7. The van der Waals surface area contributed by atoms with Crippen LogP contribution in [0, 0.1) is 23.2 Å². The Bertz CT molecular complexity index is 1850. The molecule has 0 saturated heterocycles. The van der Waals surface area contributed by atoms with E-state index in [0.717, 1.165) is 25.7 Å². The van der Waals surface area contributed by atoms with Gasteiger partial charge in [0.2, 0.25) is 0 Å². The molecule has 0 aromatic rings. The zero-order valence-electron chi connectivity index (χ0n) is 49.6. The zero-order valence-corrected chi connectivity index (χ0v) is 56.7. The number of unbranched alkanes of at least 4 members (excludes halogenated alkanes) is 1. The molecule has 0 aromatic carbocycles. The number of carboxylic acid groups (broad SMARTS) is 8. The second-order valence-corrected chi connectivity index (χ2v) is 23.8. The van der Waals surface area contributed by atoms with Crippen molar-refractivity contribution in [2.45, 2.75) is 186 Å². The van der Waals surface area contributed by atoms with Gasteiger partial charge in [-0.25, -0.2) is 0 Å². The van der Waals surface area contributed by atoms with E-state index in [4.69, 9.17) is 86.7 Å². The third-order valence-electron chi connectivity index (χ3n) is 12.5. The number of thiol groups is 8. The van der Waals surface area contributed by atoms with Gasteiger partial charge in [-0.2, -0.15) is 101 Å². The molecule has 81 heavy (non-hydrogen) atoms. The Hall–Kier alpha value is -1.76. The zero-order chi connectivity index (χ0) is 67.2. The van der Waals surface area contributed by atoms with Gasteiger partial charge in [0, 0.05) is 46.0 Å². The lowest BCUT2D eigenvalue weighted by atomic mass is 9.75. The molecule has 0 heterocycles. The molecule has 9 atom stereocenters. The van der Waals surface area contributed by atoms with Gasteiger partial charge in [0.1, 0.15) is 44.3 Å². The first kappa shape index (κ1) is 95.6. The number of aliphatic carboxylic acids is 8. The molecule has 0 amide bonds. The maximum Gasteiger partial charge on any atom is 0.325 e. The summed E-state index contributed by atoms with van der Waals surface area (Å²) in [6, 6.07) is 0. The van der Waals surface area contributed by atoms with E-state index in [1.807, 2.05) is 41.5 Å². The number of hydrogen-bond acceptors (Lipinski definition) is 24. The first-order valence-corrected chi connectivity index (χ1v) is 30.4. The fourth-order valence-electron chi connectivity index (χ4n) is 4.71. The van der Waals surface area contributed by atoms with Crippen molar-refractivity contribution < 1.29 is 79.2 Å². The molecular formula is C49H106N8O16S8. The highest BCUT2D eigenvalue weighted by Gasteiger charge is 2.44. The Morgan fingerprint density at radius 3 is 0.802 bits per heavy atom. The fourth-order valence-corrected chi connectivity index (χ4v) is 7.62. The Morgan fingerprint density at radius 1 is 0.395 bits per heavy atom. The van der Waals surface area contributed by atoms with Gasteiger partial charge in [0.25, 0.3) is 0 Å². The lowest BCUT2D eigenvalue weighted by Crippen LogP contribution is -2.59. The third-order valence-corrected chi connectivity index (χ3v) is 17.0. The predicted molar refractivity (Wildman–Crippen MR) is 351 cm³/mol. The molecule has 0 saturated carbocycles. The van der Waals surface area contributed by atoms with Crippen LogP contribution in [-0.4, -0.2) is 179 Å². The number of carboxylic acids is 8. The molecule has 0 aromatic heterocycles. The van der Waals surface area contributed by atoms with Crippen LogP contribution in [0.2, 0.25) is 0 Å². The van der Waals surface area contributed by atoms with E-state index < -0.39 is 97.5 Å². The van der Waals surface area contributed by atoms with Crippen molar-refractivity contribution in [1.29, 1.82) is 0 Å². The highest BCUT2D eigenvalue weighted by molar-refractivity contribution is 7.81. The number of rotatable bonds is 27. The first-order chi connectivity index (χ1) is 36.3. The van der Waals surface area contributed by atoms with Gasteiger partial charge in [0.15, 0.2) is 0 Å². The van der Waals surface area contributed by atoms with Gasteiger partial charge in [-0.15, -0.1) is 0 Å². The summed E-state index contributed by atoms with van der Waals surface area (Å²) in [5.41, 5.74) is 34.1. The molecule has 0 radical (unpaired) electrons. The molecular weight excluding hydrogens is 1210 g/mol. The van der Waals surface area contributed by atoms with Crippen molar-refractivity contribution in [1.82, 2.24) is 0 Å². The Labute approximate surface area is 525 Å². The summed E-state index contributed by atoms with van der Waals surface area (Å²) in [4.78, 5) is 84.0. The van der Waals surface area contributed by atoms with Crippen LogP contribution in [0.15, 0.2) is 0 Å². The number of nitrogens with two attached hydrogens (primary N) is 8. The lowest BCUT2D eigenvalue weighted by Gasteiger charge is -2.36. The van der Waals surface area contributed by atoms with Gasteiger partial charge in [-0.05, 0) is 55.8 Å². The maximum atomic E-state index is 10.7. The van der Waals surface area contributed by atoms with E-state index in [0.29, 0.717) is 25.7 Å². The highest BCUT2D eigenvalue weighted by Crippen LogP contribution is 2.29. The average molecular weight is 1320 g/mol. The van der Waals surface area contributed by atoms with Crippen molar-refractivity contribution in [3.05, 3.63) is 0 Å². The van der Waals surface area contributed by atoms with Crippen molar-refractivity contribution in [3.8, 4) is 0 Å². The number of carbonyl (C=O) groups is 8. The van der Waals surface area contributed by atoms with Gasteiger partial charge >= 0.3 is 47.8 Å². The smallest absolute Gasteiger partial charge is 0.325 e. The van der Waals surface area contributed by atoms with Gasteiger partial charge in [-0.3, -0.25) is 38.4 Å². The van der Waals surface area contributed by atoms with E-state index in [2.05, 4.69) is 101 Å². The standard InChI is InChI=1S/4C7H15NO2S.2C6H13NO2S.C5H11NO2S.C4H9NO2S/c1-6(2,3)7(8,4-11)5(9)10;1-5(2)3-7(8,4-11)6(9)10;1-3-5(2)7(8,4-11)6(9)10;1-2-3-4-7(8,5-11)6(9)10;1-4(2)6(7,3-10)5(8)9;1-2-3-6(7,4-10)5(8)9;1-2-5(6,3-9)4(7)8;1-4(5,2-8)3(6)7/h11H,4,8H2,1-3H3,(H,9,10);2*5,11H,3-4,8H2,1-2H3,(H,9,10);11H,2-5,8H2,1H3,(H,9,10);4,10H,3,7H2,1-2H3,(H,8,9);10H,2-4,7H2,1H3,(H,8,9);9H,2-3,6H2,1H3,(H,7,8);8H,2,5H2,1H3,(H,6,7)/t2*7-;5?,7-;7-;2*6-;5-;4-/m11010111/s1. The minimum absolute atomic E-state index is 0.0440. The first-order valence-electron chi connectivity index (χ1n) is 25.4. The second kappa shape index (κ2) is 45.5. The summed E-state index contributed by atoms with van der Waals surface area (Å²) in [7, 11) is 0. The molecule has 24 nitrogen and oxygen atoms in total. The largest absolute Gasteiger partial charge is 0.480 e. The molecule has 0 rings (SSSR count). The topological polar surface area (TPSA) is 507 Å². The van der Waals surface area contributed by atoms with E-state index in [1.165, 1.54) is 6.92 Å². The SMILES string of the molecule is CC(C)(C)[C@@](N)(CS)C(=O)O.CC(C)C[C@@](N)(CS)C(=O)O.CC(C)[C@@](N)(CS)C(=O)O.CCC(C)[C@@](N)(CS)C(=O)O.CCCC[C@@](N)(CS)C(=O)O.CCC[C@@](N)(CS)C(=O)O.CC[C@@](N)(CS)C(=O)O.C[C@@](N)(CS)C(=O)O. The molecule has 486 valence electrons. The summed E-state index contributed by atoms with van der Waals surface area (Å²) in [6.07, 6.45) is 5.17. The summed E-state index contributed by atoms with van der Waals surface area (Å²) in [5, 5.41) is 68.9. The van der Waals surface area contributed by atoms with E-state index in [9.17, 15) is 38.4 Å². The summed E-state index contributed by atoms with van der Waals surface area (Å²) in [6.45, 7) is 23.6. The van der Waals surface area contributed by atoms with Crippen molar-refractivity contribution in [3.63, 3.8) is 0 Å². The quantitative estimate of drug-likeness (QED) is 0.0520. The van der Waals surface area contributed by atoms with Gasteiger partial charge in [-0.1, -0.05) is 109 Å². The van der Waals surface area contributed by atoms with Crippen LogP contribution in [0.5, 0.6) is 0 Å². The van der Waals surface area contributed by atoms with E-state index >= 15 is 0 Å². The fraction of sp³-hybridized carbons (Fsp3) is 0.837. The molecule has 1 unspecified atom stereocenters. The minimum Gasteiger partial charge on any atom is -0.480 e. The molecule has 32 heteroatoms. The van der Waals surface area contributed by atoms with Crippen molar-refractivity contribution in [2.75, 3.05) is 46.0 Å². The molecule has 0 bridgehead atoms. The van der Waals surface area contributed by atoms with Gasteiger partial charge in [0.05, 0.1) is 0 Å². The van der Waals surface area contributed by atoms with Crippen LogP contribution in [0.3, 0.4) is 0 Å². The monoisotopic (exact) mass is 1320 g/mol. The third kappa shape index (κ3) is 37.4. The van der Waals surface area contributed by atoms with E-state index in [-0.39, 0.29) is 63.8 Å². The van der Waals surface area contributed by atoms with Crippen LogP contribution >= 0.6 is 101 Å². The second-order valence-electron chi connectivity index (χ2n) is 21.3.